The molecule has 1 amide bonds. The number of hydrogen-bond donors (Lipinski definition) is 0. The fraction of sp³-hybridized carbons (Fsp3) is 0.471. The van der Waals surface area contributed by atoms with Crippen molar-refractivity contribution in [1.29, 1.82) is 0 Å². The summed E-state index contributed by atoms with van der Waals surface area (Å²) in [5, 5.41) is 4.18. The van der Waals surface area contributed by atoms with Gasteiger partial charge in [0, 0.05) is 13.1 Å². The lowest BCUT2D eigenvalue weighted by Gasteiger charge is -2.32. The van der Waals surface area contributed by atoms with Crippen molar-refractivity contribution >= 4 is 5.91 Å². The number of rotatable bonds is 4. The molecule has 6 nitrogen and oxygen atoms in total. The molecule has 1 atom stereocenters. The second-order valence-corrected chi connectivity index (χ2v) is 6.05. The smallest absolute Gasteiger partial charge is 0.260 e. The monoisotopic (exact) mass is 314 g/mol. The average molecular weight is 314 g/mol. The Morgan fingerprint density at radius 2 is 2.22 bits per heavy atom. The van der Waals surface area contributed by atoms with Gasteiger partial charge in [-0.2, -0.15) is 5.10 Å². The van der Waals surface area contributed by atoms with Gasteiger partial charge in [0.25, 0.3) is 5.91 Å². The lowest BCUT2D eigenvalue weighted by atomic mass is 10.1. The Hall–Kier alpha value is -2.37. The van der Waals surface area contributed by atoms with E-state index in [-0.39, 0.29) is 18.6 Å². The fourth-order valence-corrected chi connectivity index (χ4v) is 2.84. The van der Waals surface area contributed by atoms with E-state index < -0.39 is 0 Å². The zero-order valence-electron chi connectivity index (χ0n) is 13.6. The van der Waals surface area contributed by atoms with Gasteiger partial charge in [0.05, 0.1) is 6.04 Å². The van der Waals surface area contributed by atoms with Crippen LogP contribution in [0.1, 0.15) is 30.0 Å². The van der Waals surface area contributed by atoms with Gasteiger partial charge in [0.1, 0.15) is 18.4 Å². The zero-order valence-corrected chi connectivity index (χ0v) is 13.6. The Morgan fingerprint density at radius 3 is 2.96 bits per heavy atom. The minimum Gasteiger partial charge on any atom is -0.484 e. The van der Waals surface area contributed by atoms with Gasteiger partial charge in [-0.25, -0.2) is 9.67 Å². The highest BCUT2D eigenvalue weighted by molar-refractivity contribution is 5.77. The number of aryl methyl sites for hydroxylation is 2. The number of ether oxygens (including phenoxy) is 1. The van der Waals surface area contributed by atoms with E-state index in [1.807, 2.05) is 34.7 Å². The Morgan fingerprint density at radius 1 is 1.35 bits per heavy atom. The van der Waals surface area contributed by atoms with Crippen LogP contribution in [0.2, 0.25) is 0 Å². The molecule has 0 aliphatic carbocycles. The first kappa shape index (κ1) is 15.5. The third-order valence-corrected chi connectivity index (χ3v) is 4.40. The third-order valence-electron chi connectivity index (χ3n) is 4.40. The number of piperidine rings is 1. The number of nitrogens with zero attached hydrogens (tertiary/aromatic N) is 4. The van der Waals surface area contributed by atoms with Crippen molar-refractivity contribution in [3.63, 3.8) is 0 Å². The number of benzene rings is 1. The van der Waals surface area contributed by atoms with Gasteiger partial charge in [0.2, 0.25) is 0 Å². The van der Waals surface area contributed by atoms with Gasteiger partial charge >= 0.3 is 0 Å². The van der Waals surface area contributed by atoms with E-state index in [4.69, 9.17) is 4.74 Å². The maximum absolute atomic E-state index is 12.4. The van der Waals surface area contributed by atoms with Crippen LogP contribution in [0, 0.1) is 13.8 Å². The SMILES string of the molecule is Cc1ccc(OCC(=O)N2CCC[C@@H](n3cncn3)C2)cc1C. The normalized spacial score (nSPS) is 18.0. The number of amides is 1. The van der Waals surface area contributed by atoms with Gasteiger partial charge in [0.15, 0.2) is 6.61 Å². The molecule has 0 radical (unpaired) electrons. The maximum atomic E-state index is 12.4. The van der Waals surface area contributed by atoms with E-state index in [9.17, 15) is 4.79 Å². The second kappa shape index (κ2) is 6.81. The van der Waals surface area contributed by atoms with Crippen LogP contribution >= 0.6 is 0 Å². The molecule has 1 aliphatic rings. The number of hydrogen-bond acceptors (Lipinski definition) is 4. The topological polar surface area (TPSA) is 60.2 Å². The summed E-state index contributed by atoms with van der Waals surface area (Å²) in [5.74, 6) is 0.763. The first-order valence-electron chi connectivity index (χ1n) is 7.95. The zero-order chi connectivity index (χ0) is 16.2. The van der Waals surface area contributed by atoms with E-state index in [1.165, 1.54) is 17.5 Å². The standard InChI is InChI=1S/C17H22N4O2/c1-13-5-6-16(8-14(13)2)23-10-17(22)20-7-3-4-15(9-20)21-12-18-11-19-21/h5-6,8,11-12,15H,3-4,7,9-10H2,1-2H3/t15-/m1/s1. The lowest BCUT2D eigenvalue weighted by molar-refractivity contribution is -0.135. The fourth-order valence-electron chi connectivity index (χ4n) is 2.84. The van der Waals surface area contributed by atoms with Crippen LogP contribution in [0.4, 0.5) is 0 Å². The predicted octanol–water partition coefficient (Wildman–Crippen LogP) is 2.14. The number of carbonyl (C=O) groups is 1. The summed E-state index contributed by atoms with van der Waals surface area (Å²) in [6.45, 7) is 5.62. The van der Waals surface area contributed by atoms with Gasteiger partial charge in [-0.3, -0.25) is 4.79 Å². The molecule has 0 saturated carbocycles. The molecule has 1 aliphatic heterocycles. The largest absolute Gasteiger partial charge is 0.484 e. The van der Waals surface area contributed by atoms with Crippen LogP contribution in [-0.2, 0) is 4.79 Å². The molecule has 0 N–H and O–H groups in total. The predicted molar refractivity (Wildman–Crippen MR) is 86.3 cm³/mol. The summed E-state index contributed by atoms with van der Waals surface area (Å²) < 4.78 is 7.49. The molecule has 1 fully saturated rings. The minimum atomic E-state index is 0.0213. The van der Waals surface area contributed by atoms with Gasteiger partial charge < -0.3 is 9.64 Å². The highest BCUT2D eigenvalue weighted by atomic mass is 16.5. The molecule has 2 heterocycles. The Labute approximate surface area is 136 Å². The highest BCUT2D eigenvalue weighted by Crippen LogP contribution is 2.21. The number of carbonyl (C=O) groups excluding carboxylic acids is 1. The highest BCUT2D eigenvalue weighted by Gasteiger charge is 2.25. The summed E-state index contributed by atoms with van der Waals surface area (Å²) in [6.07, 6.45) is 5.24. The van der Waals surface area contributed by atoms with Crippen molar-refractivity contribution in [1.82, 2.24) is 19.7 Å². The van der Waals surface area contributed by atoms with E-state index in [0.717, 1.165) is 25.1 Å². The molecule has 122 valence electrons. The van der Waals surface area contributed by atoms with E-state index >= 15 is 0 Å². The van der Waals surface area contributed by atoms with Gasteiger partial charge in [-0.1, -0.05) is 6.07 Å². The Balaban J connectivity index is 1.56. The van der Waals surface area contributed by atoms with Gasteiger partial charge in [-0.05, 0) is 49.9 Å². The molecule has 6 heteroatoms. The van der Waals surface area contributed by atoms with Crippen LogP contribution in [0.3, 0.4) is 0 Å². The number of likely N-dealkylation sites (tertiary alicyclic amines) is 1. The third kappa shape index (κ3) is 3.70. The summed E-state index contributed by atoms with van der Waals surface area (Å²) in [6, 6.07) is 6.09. The summed E-state index contributed by atoms with van der Waals surface area (Å²) in [7, 11) is 0. The molecule has 0 spiro atoms. The molecular weight excluding hydrogens is 292 g/mol. The molecule has 0 bridgehead atoms. The molecule has 2 aromatic rings. The molecule has 0 unspecified atom stereocenters. The molecule has 23 heavy (non-hydrogen) atoms. The van der Waals surface area contributed by atoms with Crippen molar-refractivity contribution in [2.75, 3.05) is 19.7 Å². The quantitative estimate of drug-likeness (QED) is 0.867. The van der Waals surface area contributed by atoms with Crippen LogP contribution in [0.15, 0.2) is 30.9 Å². The van der Waals surface area contributed by atoms with Crippen molar-refractivity contribution in [3.05, 3.63) is 42.0 Å². The summed E-state index contributed by atoms with van der Waals surface area (Å²) in [5.41, 5.74) is 2.38. The van der Waals surface area contributed by atoms with Crippen LogP contribution in [0.25, 0.3) is 0 Å². The average Bonchev–Trinajstić information content (AvgIpc) is 3.10. The van der Waals surface area contributed by atoms with Gasteiger partial charge in [-0.15, -0.1) is 0 Å². The molecule has 3 rings (SSSR count). The lowest BCUT2D eigenvalue weighted by Crippen LogP contribution is -2.43. The summed E-state index contributed by atoms with van der Waals surface area (Å²) >= 11 is 0. The number of aromatic nitrogens is 3. The minimum absolute atomic E-state index is 0.0213. The van der Waals surface area contributed by atoms with E-state index in [0.29, 0.717) is 6.54 Å². The summed E-state index contributed by atoms with van der Waals surface area (Å²) in [4.78, 5) is 18.2. The molecular formula is C17H22N4O2. The van der Waals surface area contributed by atoms with Crippen molar-refractivity contribution in [3.8, 4) is 5.75 Å². The van der Waals surface area contributed by atoms with E-state index in [2.05, 4.69) is 17.0 Å². The molecule has 1 aromatic heterocycles. The van der Waals surface area contributed by atoms with Crippen molar-refractivity contribution in [2.45, 2.75) is 32.7 Å². The van der Waals surface area contributed by atoms with Crippen LogP contribution in [-0.4, -0.2) is 45.3 Å². The van der Waals surface area contributed by atoms with E-state index in [1.54, 1.807) is 6.33 Å². The molecule has 1 aromatic carbocycles. The first-order valence-corrected chi connectivity index (χ1v) is 7.95. The Bertz CT molecular complexity index is 669. The first-order chi connectivity index (χ1) is 11.1. The Kier molecular flexibility index (Phi) is 4.60. The van der Waals surface area contributed by atoms with Crippen molar-refractivity contribution < 1.29 is 9.53 Å². The molecule has 1 saturated heterocycles. The second-order valence-electron chi connectivity index (χ2n) is 6.05. The van der Waals surface area contributed by atoms with Crippen LogP contribution in [0.5, 0.6) is 5.75 Å². The van der Waals surface area contributed by atoms with Crippen molar-refractivity contribution in [2.24, 2.45) is 0 Å². The van der Waals surface area contributed by atoms with Crippen LogP contribution < -0.4 is 4.74 Å². The maximum Gasteiger partial charge on any atom is 0.260 e.